The minimum Gasteiger partial charge on any atom is -0.394 e. The number of aliphatic hydroxyl groups is 3. The van der Waals surface area contributed by atoms with Gasteiger partial charge in [-0.1, -0.05) is 44.3 Å². The van der Waals surface area contributed by atoms with Gasteiger partial charge in [-0.15, -0.1) is 0 Å². The maximum Gasteiger partial charge on any atom is 0.114 e. The van der Waals surface area contributed by atoms with Crippen molar-refractivity contribution in [3.63, 3.8) is 0 Å². The summed E-state index contributed by atoms with van der Waals surface area (Å²) in [5, 5.41) is 28.6. The van der Waals surface area contributed by atoms with Crippen LogP contribution in [0, 0.1) is 0 Å². The normalized spacial score (nSPS) is 26.2. The van der Waals surface area contributed by atoms with Crippen LogP contribution < -0.4 is 0 Å². The second-order valence-corrected chi connectivity index (χ2v) is 6.28. The first-order valence-corrected chi connectivity index (χ1v) is 9.02. The standard InChI is InChI=1S/C18H34O5/c1-2-3-4-5-6-7-8-9-10-11-12-22-16(13-19)18-17(21)15(20)14-23-18/h2-3,15-21H,4-14H2,1H3/b3-2+/t15-,16+,17-,18-/m0/s1. The average Bonchev–Trinajstić information content (AvgIpc) is 2.88. The molecule has 0 aromatic heterocycles. The number of hydrogen-bond acceptors (Lipinski definition) is 5. The van der Waals surface area contributed by atoms with Gasteiger partial charge >= 0.3 is 0 Å². The molecule has 0 saturated carbocycles. The van der Waals surface area contributed by atoms with Crippen LogP contribution in [0.2, 0.25) is 0 Å². The Balaban J connectivity index is 1.97. The molecule has 5 nitrogen and oxygen atoms in total. The summed E-state index contributed by atoms with van der Waals surface area (Å²) in [5.41, 5.74) is 0. The predicted molar refractivity (Wildman–Crippen MR) is 90.3 cm³/mol. The van der Waals surface area contributed by atoms with Gasteiger partial charge in [-0.3, -0.25) is 0 Å². The molecule has 0 radical (unpaired) electrons. The summed E-state index contributed by atoms with van der Waals surface area (Å²) in [5.74, 6) is 0. The van der Waals surface area contributed by atoms with Gasteiger partial charge in [0.05, 0.1) is 13.2 Å². The van der Waals surface area contributed by atoms with Gasteiger partial charge in [0.2, 0.25) is 0 Å². The van der Waals surface area contributed by atoms with Crippen LogP contribution in [0.25, 0.3) is 0 Å². The van der Waals surface area contributed by atoms with Gasteiger partial charge in [0, 0.05) is 6.61 Å². The third kappa shape index (κ3) is 8.27. The maximum absolute atomic E-state index is 9.77. The number of unbranched alkanes of at least 4 members (excludes halogenated alkanes) is 7. The lowest BCUT2D eigenvalue weighted by Crippen LogP contribution is -2.42. The molecule has 1 saturated heterocycles. The molecule has 5 heteroatoms. The van der Waals surface area contributed by atoms with E-state index in [2.05, 4.69) is 19.1 Å². The number of rotatable bonds is 13. The summed E-state index contributed by atoms with van der Waals surface area (Å²) >= 11 is 0. The second-order valence-electron chi connectivity index (χ2n) is 6.28. The molecule has 1 aliphatic rings. The van der Waals surface area contributed by atoms with Crippen molar-refractivity contribution in [1.29, 1.82) is 0 Å². The lowest BCUT2D eigenvalue weighted by atomic mass is 10.1. The molecule has 4 atom stereocenters. The highest BCUT2D eigenvalue weighted by Gasteiger charge is 2.40. The zero-order valence-electron chi connectivity index (χ0n) is 14.4. The first-order valence-electron chi connectivity index (χ1n) is 9.02. The van der Waals surface area contributed by atoms with E-state index in [1.807, 2.05) is 0 Å². The third-order valence-corrected chi connectivity index (χ3v) is 4.32. The van der Waals surface area contributed by atoms with Crippen LogP contribution in [0.3, 0.4) is 0 Å². The zero-order valence-corrected chi connectivity index (χ0v) is 14.4. The number of ether oxygens (including phenoxy) is 2. The lowest BCUT2D eigenvalue weighted by Gasteiger charge is -2.24. The van der Waals surface area contributed by atoms with Gasteiger partial charge < -0.3 is 24.8 Å². The van der Waals surface area contributed by atoms with Crippen molar-refractivity contribution in [2.45, 2.75) is 82.7 Å². The SMILES string of the molecule is C/C=C/CCCCCCCCCO[C@H](CO)[C@@H]1OC[C@H](O)[C@@H]1O. The van der Waals surface area contributed by atoms with E-state index in [-0.39, 0.29) is 13.2 Å². The fourth-order valence-electron chi connectivity index (χ4n) is 2.85. The molecule has 23 heavy (non-hydrogen) atoms. The van der Waals surface area contributed by atoms with Crippen LogP contribution in [0.15, 0.2) is 12.2 Å². The fraction of sp³-hybridized carbons (Fsp3) is 0.889. The van der Waals surface area contributed by atoms with E-state index < -0.39 is 24.4 Å². The Hall–Kier alpha value is -0.460. The van der Waals surface area contributed by atoms with Crippen LogP contribution in [0.5, 0.6) is 0 Å². The van der Waals surface area contributed by atoms with Gasteiger partial charge in [0.25, 0.3) is 0 Å². The van der Waals surface area contributed by atoms with Crippen molar-refractivity contribution < 1.29 is 24.8 Å². The lowest BCUT2D eigenvalue weighted by molar-refractivity contribution is -0.101. The highest BCUT2D eigenvalue weighted by molar-refractivity contribution is 4.88. The van der Waals surface area contributed by atoms with E-state index in [0.29, 0.717) is 6.61 Å². The first-order chi connectivity index (χ1) is 11.2. The van der Waals surface area contributed by atoms with Gasteiger partial charge in [-0.05, 0) is 26.2 Å². The first kappa shape index (κ1) is 20.6. The van der Waals surface area contributed by atoms with Crippen LogP contribution in [0.1, 0.15) is 58.3 Å². The van der Waals surface area contributed by atoms with Crippen LogP contribution in [-0.4, -0.2) is 59.6 Å². The van der Waals surface area contributed by atoms with E-state index in [0.717, 1.165) is 12.8 Å². The van der Waals surface area contributed by atoms with Gasteiger partial charge in [-0.2, -0.15) is 0 Å². The Bertz CT molecular complexity index is 308. The quantitative estimate of drug-likeness (QED) is 0.356. The minimum atomic E-state index is -0.977. The molecule has 1 rings (SSSR count). The molecule has 1 aliphatic heterocycles. The summed E-state index contributed by atoms with van der Waals surface area (Å²) in [6.45, 7) is 2.50. The van der Waals surface area contributed by atoms with Crippen molar-refractivity contribution in [2.75, 3.05) is 19.8 Å². The molecular weight excluding hydrogens is 296 g/mol. The highest BCUT2D eigenvalue weighted by Crippen LogP contribution is 2.20. The maximum atomic E-state index is 9.77. The van der Waals surface area contributed by atoms with E-state index >= 15 is 0 Å². The molecule has 1 heterocycles. The largest absolute Gasteiger partial charge is 0.394 e. The van der Waals surface area contributed by atoms with Gasteiger partial charge in [0.1, 0.15) is 24.4 Å². The van der Waals surface area contributed by atoms with Gasteiger partial charge in [-0.25, -0.2) is 0 Å². The summed E-state index contributed by atoms with van der Waals surface area (Å²) in [7, 11) is 0. The molecule has 0 aromatic carbocycles. The summed E-state index contributed by atoms with van der Waals surface area (Å²) in [6.07, 6.45) is 10.9. The zero-order chi connectivity index (χ0) is 16.9. The Morgan fingerprint density at radius 1 is 1.09 bits per heavy atom. The molecule has 0 aliphatic carbocycles. The summed E-state index contributed by atoms with van der Waals surface area (Å²) < 4.78 is 10.9. The van der Waals surface area contributed by atoms with Crippen molar-refractivity contribution in [3.8, 4) is 0 Å². The minimum absolute atomic E-state index is 0.0970. The Labute approximate surface area is 140 Å². The van der Waals surface area contributed by atoms with Crippen molar-refractivity contribution in [3.05, 3.63) is 12.2 Å². The Morgan fingerprint density at radius 2 is 1.74 bits per heavy atom. The number of hydrogen-bond donors (Lipinski definition) is 3. The van der Waals surface area contributed by atoms with E-state index in [1.165, 1.54) is 38.5 Å². The summed E-state index contributed by atoms with van der Waals surface area (Å²) in [6, 6.07) is 0. The van der Waals surface area contributed by atoms with Crippen LogP contribution >= 0.6 is 0 Å². The number of allylic oxidation sites excluding steroid dienone is 2. The highest BCUT2D eigenvalue weighted by atomic mass is 16.6. The topological polar surface area (TPSA) is 79.2 Å². The van der Waals surface area contributed by atoms with Crippen molar-refractivity contribution in [2.24, 2.45) is 0 Å². The van der Waals surface area contributed by atoms with Crippen LogP contribution in [-0.2, 0) is 9.47 Å². The fourth-order valence-corrected chi connectivity index (χ4v) is 2.85. The average molecular weight is 330 g/mol. The Kier molecular flexibility index (Phi) is 11.5. The molecule has 0 aromatic rings. The molecule has 3 N–H and O–H groups in total. The van der Waals surface area contributed by atoms with Crippen LogP contribution in [0.4, 0.5) is 0 Å². The molecule has 0 amide bonds. The van der Waals surface area contributed by atoms with E-state index in [1.54, 1.807) is 0 Å². The molecular formula is C18H34O5. The molecule has 0 unspecified atom stereocenters. The van der Waals surface area contributed by atoms with Crippen molar-refractivity contribution >= 4 is 0 Å². The summed E-state index contributed by atoms with van der Waals surface area (Å²) in [4.78, 5) is 0. The monoisotopic (exact) mass is 330 g/mol. The van der Waals surface area contributed by atoms with E-state index in [4.69, 9.17) is 9.47 Å². The number of aliphatic hydroxyl groups excluding tert-OH is 3. The third-order valence-electron chi connectivity index (χ3n) is 4.32. The van der Waals surface area contributed by atoms with E-state index in [9.17, 15) is 15.3 Å². The predicted octanol–water partition coefficient (Wildman–Crippen LogP) is 2.18. The molecule has 136 valence electrons. The van der Waals surface area contributed by atoms with Crippen molar-refractivity contribution in [1.82, 2.24) is 0 Å². The molecule has 1 fully saturated rings. The molecule has 0 spiro atoms. The smallest absolute Gasteiger partial charge is 0.114 e. The Morgan fingerprint density at radius 3 is 2.30 bits per heavy atom. The molecule has 0 bridgehead atoms. The van der Waals surface area contributed by atoms with Gasteiger partial charge in [0.15, 0.2) is 0 Å². The second kappa shape index (κ2) is 12.9.